The maximum atomic E-state index is 12.3. The van der Waals surface area contributed by atoms with Gasteiger partial charge in [0.2, 0.25) is 5.91 Å². The van der Waals surface area contributed by atoms with E-state index in [4.69, 9.17) is 11.6 Å². The van der Waals surface area contributed by atoms with Crippen molar-refractivity contribution in [2.45, 2.75) is 50.9 Å². The van der Waals surface area contributed by atoms with Crippen molar-refractivity contribution in [2.75, 3.05) is 25.0 Å². The van der Waals surface area contributed by atoms with Crippen LogP contribution in [0.5, 0.6) is 0 Å². The van der Waals surface area contributed by atoms with Gasteiger partial charge in [0.05, 0.1) is 0 Å². The van der Waals surface area contributed by atoms with Gasteiger partial charge in [-0.05, 0) is 106 Å². The molecule has 0 atom stereocenters. The maximum absolute atomic E-state index is 12.3. The predicted molar refractivity (Wildman–Crippen MR) is 126 cm³/mol. The van der Waals surface area contributed by atoms with Gasteiger partial charge in [-0.25, -0.2) is 0 Å². The number of rotatable bonds is 9. The highest BCUT2D eigenvalue weighted by Crippen LogP contribution is 2.32. The minimum atomic E-state index is 0.168. The van der Waals surface area contributed by atoms with Crippen LogP contribution >= 0.6 is 11.6 Å². The zero-order chi connectivity index (χ0) is 21.6. The average molecular weight is 439 g/mol. The van der Waals surface area contributed by atoms with E-state index in [1.54, 1.807) is 12.1 Å². The highest BCUT2D eigenvalue weighted by atomic mass is 35.5. The molecule has 0 unspecified atom stereocenters. The second kappa shape index (κ2) is 10.4. The number of carbonyl (C=O) groups is 2. The van der Waals surface area contributed by atoms with Crippen LogP contribution < -0.4 is 5.32 Å². The summed E-state index contributed by atoms with van der Waals surface area (Å²) < 4.78 is 0. The summed E-state index contributed by atoms with van der Waals surface area (Å²) in [6.45, 7) is 3.24. The molecule has 164 valence electrons. The molecule has 1 amide bonds. The van der Waals surface area contributed by atoms with Gasteiger partial charge in [-0.3, -0.25) is 9.59 Å². The van der Waals surface area contributed by atoms with Crippen LogP contribution in [-0.2, 0) is 4.79 Å². The molecule has 1 saturated heterocycles. The number of unbranched alkanes of at least 4 members (excludes halogenated alkanes) is 1. The number of piperidine rings is 1. The summed E-state index contributed by atoms with van der Waals surface area (Å²) in [5.41, 5.74) is 3.02. The van der Waals surface area contributed by atoms with Crippen molar-refractivity contribution in [3.63, 3.8) is 0 Å². The Labute approximate surface area is 190 Å². The molecule has 2 aromatic rings. The topological polar surface area (TPSA) is 49.4 Å². The summed E-state index contributed by atoms with van der Waals surface area (Å²) in [5, 5.41) is 3.73. The number of likely N-dealkylation sites (tertiary alicyclic amines) is 1. The second-order valence-electron chi connectivity index (χ2n) is 8.89. The van der Waals surface area contributed by atoms with Crippen molar-refractivity contribution in [3.8, 4) is 0 Å². The molecule has 0 aromatic heterocycles. The molecule has 1 heterocycles. The van der Waals surface area contributed by atoms with Gasteiger partial charge in [0, 0.05) is 28.6 Å². The Morgan fingerprint density at radius 1 is 0.968 bits per heavy atom. The van der Waals surface area contributed by atoms with Gasteiger partial charge < -0.3 is 10.2 Å². The maximum Gasteiger partial charge on any atom is 0.227 e. The van der Waals surface area contributed by atoms with Gasteiger partial charge in [0.25, 0.3) is 0 Å². The molecule has 2 aromatic carbocycles. The summed E-state index contributed by atoms with van der Waals surface area (Å²) in [5.74, 6) is 1.15. The van der Waals surface area contributed by atoms with Crippen LogP contribution in [0, 0.1) is 5.92 Å². The van der Waals surface area contributed by atoms with E-state index in [0.717, 1.165) is 69.4 Å². The number of nitrogens with zero attached hydrogens (tertiary/aromatic N) is 1. The lowest BCUT2D eigenvalue weighted by molar-refractivity contribution is -0.117. The Balaban J connectivity index is 1.16. The highest BCUT2D eigenvalue weighted by molar-refractivity contribution is 6.30. The van der Waals surface area contributed by atoms with E-state index in [1.165, 1.54) is 5.56 Å². The molecular weight excluding hydrogens is 408 g/mol. The molecule has 1 saturated carbocycles. The van der Waals surface area contributed by atoms with E-state index < -0.39 is 0 Å². The Morgan fingerprint density at radius 3 is 2.42 bits per heavy atom. The van der Waals surface area contributed by atoms with Gasteiger partial charge in [-0.1, -0.05) is 23.7 Å². The average Bonchev–Trinajstić information content (AvgIpc) is 3.63. The Morgan fingerprint density at radius 2 is 1.71 bits per heavy atom. The molecule has 31 heavy (non-hydrogen) atoms. The van der Waals surface area contributed by atoms with Crippen LogP contribution in [0.25, 0.3) is 0 Å². The largest absolute Gasteiger partial charge is 0.326 e. The molecule has 2 fully saturated rings. The van der Waals surface area contributed by atoms with Crippen molar-refractivity contribution >= 4 is 29.0 Å². The Bertz CT molecular complexity index is 900. The molecule has 5 heteroatoms. The number of anilines is 1. The zero-order valence-electron chi connectivity index (χ0n) is 18.0. The highest BCUT2D eigenvalue weighted by Gasteiger charge is 2.29. The van der Waals surface area contributed by atoms with Crippen LogP contribution in [0.15, 0.2) is 48.5 Å². The first-order chi connectivity index (χ1) is 15.1. The Kier molecular flexibility index (Phi) is 7.41. The summed E-state index contributed by atoms with van der Waals surface area (Å²) >= 11 is 5.89. The third-order valence-electron chi connectivity index (χ3n) is 6.46. The van der Waals surface area contributed by atoms with Gasteiger partial charge in [0.15, 0.2) is 5.78 Å². The molecule has 1 N–H and O–H groups in total. The number of Topliss-reactive ketones (excluding diaryl/α,β-unsaturated/α-hetero) is 1. The van der Waals surface area contributed by atoms with Gasteiger partial charge in [-0.2, -0.15) is 0 Å². The third kappa shape index (κ3) is 6.41. The van der Waals surface area contributed by atoms with Gasteiger partial charge in [0.1, 0.15) is 0 Å². The summed E-state index contributed by atoms with van der Waals surface area (Å²) in [6, 6.07) is 15.6. The number of carbonyl (C=O) groups excluding carboxylic acids is 2. The molecule has 1 aliphatic heterocycles. The molecule has 4 nitrogen and oxygen atoms in total. The number of ketones is 1. The lowest BCUT2D eigenvalue weighted by Crippen LogP contribution is -2.33. The minimum Gasteiger partial charge on any atom is -0.326 e. The quantitative estimate of drug-likeness (QED) is 0.390. The van der Waals surface area contributed by atoms with Gasteiger partial charge >= 0.3 is 0 Å². The van der Waals surface area contributed by atoms with Crippen LogP contribution in [0.1, 0.15) is 66.8 Å². The summed E-state index contributed by atoms with van der Waals surface area (Å²) in [6.07, 6.45) is 6.90. The van der Waals surface area contributed by atoms with E-state index in [9.17, 15) is 9.59 Å². The normalized spacial score (nSPS) is 17.5. The van der Waals surface area contributed by atoms with E-state index in [-0.39, 0.29) is 17.6 Å². The standard InChI is InChI=1S/C26H31ClN2O2/c27-23-11-9-20(10-12-23)25(30)6-1-2-15-29-16-13-19(14-17-29)22-4-3-5-24(18-22)28-26(31)21-7-8-21/h3-5,9-12,18-19,21H,1-2,6-8,13-17H2,(H,28,31). The second-order valence-corrected chi connectivity index (χ2v) is 9.33. The molecular formula is C26H31ClN2O2. The molecule has 0 spiro atoms. The van der Waals surface area contributed by atoms with Crippen molar-refractivity contribution in [1.29, 1.82) is 0 Å². The number of halogens is 1. The predicted octanol–water partition coefficient (Wildman–Crippen LogP) is 5.92. The zero-order valence-corrected chi connectivity index (χ0v) is 18.7. The van der Waals surface area contributed by atoms with E-state index in [1.807, 2.05) is 18.2 Å². The van der Waals surface area contributed by atoms with Crippen LogP contribution in [0.3, 0.4) is 0 Å². The Hall–Kier alpha value is -2.17. The van der Waals surface area contributed by atoms with E-state index >= 15 is 0 Å². The van der Waals surface area contributed by atoms with Crippen molar-refractivity contribution in [1.82, 2.24) is 4.90 Å². The van der Waals surface area contributed by atoms with Crippen molar-refractivity contribution in [2.24, 2.45) is 5.92 Å². The smallest absolute Gasteiger partial charge is 0.227 e. The molecule has 4 rings (SSSR count). The van der Waals surface area contributed by atoms with Crippen LogP contribution in [0.2, 0.25) is 5.02 Å². The number of hydrogen-bond donors (Lipinski definition) is 1. The number of benzene rings is 2. The van der Waals surface area contributed by atoms with Crippen LogP contribution in [-0.4, -0.2) is 36.2 Å². The monoisotopic (exact) mass is 438 g/mol. The van der Waals surface area contributed by atoms with Gasteiger partial charge in [-0.15, -0.1) is 0 Å². The summed E-state index contributed by atoms with van der Waals surface area (Å²) in [4.78, 5) is 26.8. The fourth-order valence-corrected chi connectivity index (χ4v) is 4.48. The minimum absolute atomic E-state index is 0.168. The van der Waals surface area contributed by atoms with E-state index in [0.29, 0.717) is 17.4 Å². The lowest BCUT2D eigenvalue weighted by atomic mass is 9.89. The van der Waals surface area contributed by atoms with E-state index in [2.05, 4.69) is 28.4 Å². The number of amides is 1. The third-order valence-corrected chi connectivity index (χ3v) is 6.71. The van der Waals surface area contributed by atoms with Crippen molar-refractivity contribution < 1.29 is 9.59 Å². The first-order valence-corrected chi connectivity index (χ1v) is 11.9. The lowest BCUT2D eigenvalue weighted by Gasteiger charge is -2.32. The fourth-order valence-electron chi connectivity index (χ4n) is 4.35. The molecule has 0 bridgehead atoms. The molecule has 0 radical (unpaired) electrons. The number of hydrogen-bond acceptors (Lipinski definition) is 3. The first-order valence-electron chi connectivity index (χ1n) is 11.5. The van der Waals surface area contributed by atoms with Crippen molar-refractivity contribution in [3.05, 3.63) is 64.7 Å². The first kappa shape index (κ1) is 22.0. The fraction of sp³-hybridized carbons (Fsp3) is 0.462. The molecule has 2 aliphatic rings. The summed E-state index contributed by atoms with van der Waals surface area (Å²) in [7, 11) is 0. The molecule has 1 aliphatic carbocycles. The number of nitrogens with one attached hydrogen (secondary N) is 1. The SMILES string of the molecule is O=C(CCCCN1CCC(c2cccc(NC(=O)C3CC3)c2)CC1)c1ccc(Cl)cc1. The van der Waals surface area contributed by atoms with Crippen LogP contribution in [0.4, 0.5) is 5.69 Å².